The molecule has 106 valence electrons. The van der Waals surface area contributed by atoms with Crippen LogP contribution in [0.1, 0.15) is 17.3 Å². The standard InChI is InChI=1S/C14H13FO3S2/c1-2-18-13(17)11(14-19-7-8-20-14)12(16)9-5-3-4-6-10(9)15/h3-6H,2,7-8H2,1H3. The van der Waals surface area contributed by atoms with E-state index >= 15 is 0 Å². The molecule has 1 aromatic rings. The zero-order valence-electron chi connectivity index (χ0n) is 10.8. The number of Topliss-reactive ketones (excluding diaryl/α,β-unsaturated/α-hetero) is 1. The van der Waals surface area contributed by atoms with E-state index in [0.29, 0.717) is 4.24 Å². The summed E-state index contributed by atoms with van der Waals surface area (Å²) < 4.78 is 19.3. The molecule has 1 saturated heterocycles. The van der Waals surface area contributed by atoms with Gasteiger partial charge in [-0.15, -0.1) is 23.5 Å². The Labute approximate surface area is 125 Å². The minimum absolute atomic E-state index is 0.0514. The third kappa shape index (κ3) is 3.24. The quantitative estimate of drug-likeness (QED) is 0.281. The Morgan fingerprint density at radius 1 is 1.25 bits per heavy atom. The highest BCUT2D eigenvalue weighted by atomic mass is 32.2. The number of thioether (sulfide) groups is 2. The van der Waals surface area contributed by atoms with Gasteiger partial charge in [0.05, 0.1) is 16.4 Å². The van der Waals surface area contributed by atoms with Crippen LogP contribution in [-0.4, -0.2) is 29.9 Å². The Morgan fingerprint density at radius 3 is 2.50 bits per heavy atom. The molecule has 0 aromatic heterocycles. The molecule has 1 aromatic carbocycles. The topological polar surface area (TPSA) is 43.4 Å². The number of hydrogen-bond acceptors (Lipinski definition) is 5. The average Bonchev–Trinajstić information content (AvgIpc) is 2.93. The molecular weight excluding hydrogens is 299 g/mol. The van der Waals surface area contributed by atoms with E-state index in [1.54, 1.807) is 13.0 Å². The molecule has 0 unspecified atom stereocenters. The van der Waals surface area contributed by atoms with Gasteiger partial charge in [0.2, 0.25) is 5.78 Å². The molecule has 0 spiro atoms. The molecule has 0 radical (unpaired) electrons. The van der Waals surface area contributed by atoms with Gasteiger partial charge in [0.1, 0.15) is 11.4 Å². The van der Waals surface area contributed by atoms with E-state index in [0.717, 1.165) is 11.5 Å². The van der Waals surface area contributed by atoms with Gasteiger partial charge in [-0.3, -0.25) is 4.79 Å². The predicted octanol–water partition coefficient (Wildman–Crippen LogP) is 3.26. The van der Waals surface area contributed by atoms with Crippen LogP contribution < -0.4 is 0 Å². The van der Waals surface area contributed by atoms with Crippen molar-refractivity contribution >= 4 is 35.3 Å². The van der Waals surface area contributed by atoms with Gasteiger partial charge >= 0.3 is 5.97 Å². The van der Waals surface area contributed by atoms with Crippen molar-refractivity contribution in [3.8, 4) is 0 Å². The lowest BCUT2D eigenvalue weighted by atomic mass is 10.0. The Hall–Kier alpha value is -1.27. The van der Waals surface area contributed by atoms with E-state index in [4.69, 9.17) is 4.74 Å². The van der Waals surface area contributed by atoms with Gasteiger partial charge in [-0.2, -0.15) is 0 Å². The summed E-state index contributed by atoms with van der Waals surface area (Å²) in [7, 11) is 0. The van der Waals surface area contributed by atoms with Crippen LogP contribution >= 0.6 is 23.5 Å². The van der Waals surface area contributed by atoms with Crippen LogP contribution in [-0.2, 0) is 9.53 Å². The smallest absolute Gasteiger partial charge is 0.343 e. The number of carbonyl (C=O) groups excluding carboxylic acids is 2. The van der Waals surface area contributed by atoms with Crippen LogP contribution in [0.4, 0.5) is 4.39 Å². The maximum Gasteiger partial charge on any atom is 0.343 e. The van der Waals surface area contributed by atoms with Crippen LogP contribution in [0.15, 0.2) is 34.1 Å². The minimum Gasteiger partial charge on any atom is -0.462 e. The normalized spacial score (nSPS) is 14.2. The second-order valence-corrected chi connectivity index (χ2v) is 6.36. The van der Waals surface area contributed by atoms with Gasteiger partial charge in [0.15, 0.2) is 0 Å². The first kappa shape index (κ1) is 15.1. The van der Waals surface area contributed by atoms with Crippen molar-refractivity contribution in [2.24, 2.45) is 0 Å². The molecule has 3 nitrogen and oxygen atoms in total. The van der Waals surface area contributed by atoms with Crippen LogP contribution in [0.25, 0.3) is 0 Å². The summed E-state index contributed by atoms with van der Waals surface area (Å²) in [6.45, 7) is 1.85. The van der Waals surface area contributed by atoms with E-state index < -0.39 is 17.6 Å². The molecule has 20 heavy (non-hydrogen) atoms. The SMILES string of the molecule is CCOC(=O)C(C(=O)c1ccccc1F)=C1SCCS1. The molecule has 1 fully saturated rings. The molecular formula is C14H13FO3S2. The summed E-state index contributed by atoms with van der Waals surface area (Å²) in [4.78, 5) is 24.4. The summed E-state index contributed by atoms with van der Waals surface area (Å²) in [6, 6.07) is 5.65. The zero-order chi connectivity index (χ0) is 14.5. The molecule has 6 heteroatoms. The summed E-state index contributed by atoms with van der Waals surface area (Å²) in [5.41, 5.74) is -0.152. The van der Waals surface area contributed by atoms with Gasteiger partial charge in [-0.25, -0.2) is 9.18 Å². The van der Waals surface area contributed by atoms with Gasteiger partial charge in [-0.1, -0.05) is 12.1 Å². The lowest BCUT2D eigenvalue weighted by molar-refractivity contribution is -0.138. The molecule has 0 saturated carbocycles. The van der Waals surface area contributed by atoms with Crippen LogP contribution in [0.2, 0.25) is 0 Å². The molecule has 1 heterocycles. The summed E-state index contributed by atoms with van der Waals surface area (Å²) in [6.07, 6.45) is 0. The second-order valence-electron chi connectivity index (χ2n) is 3.89. The lowest BCUT2D eigenvalue weighted by Crippen LogP contribution is -2.18. The number of benzene rings is 1. The molecule has 0 bridgehead atoms. The molecule has 2 rings (SSSR count). The van der Waals surface area contributed by atoms with Crippen LogP contribution in [0, 0.1) is 5.82 Å². The molecule has 0 atom stereocenters. The zero-order valence-corrected chi connectivity index (χ0v) is 12.5. The fourth-order valence-electron chi connectivity index (χ4n) is 1.71. The van der Waals surface area contributed by atoms with Crippen molar-refractivity contribution < 1.29 is 18.7 Å². The Bertz CT molecular complexity index is 561. The molecule has 1 aliphatic heterocycles. The van der Waals surface area contributed by atoms with Gasteiger partial charge in [-0.05, 0) is 19.1 Å². The molecule has 0 amide bonds. The third-order valence-electron chi connectivity index (χ3n) is 2.58. The highest BCUT2D eigenvalue weighted by molar-refractivity contribution is 8.25. The maximum atomic E-state index is 13.7. The molecule has 0 aliphatic carbocycles. The van der Waals surface area contributed by atoms with E-state index in [2.05, 4.69) is 0 Å². The predicted molar refractivity (Wildman–Crippen MR) is 79.3 cm³/mol. The fourth-order valence-corrected chi connectivity index (χ4v) is 4.22. The first-order valence-corrected chi connectivity index (χ1v) is 8.08. The molecule has 0 N–H and O–H groups in total. The van der Waals surface area contributed by atoms with Gasteiger partial charge in [0.25, 0.3) is 0 Å². The van der Waals surface area contributed by atoms with Crippen molar-refractivity contribution in [2.45, 2.75) is 6.92 Å². The molecule has 1 aliphatic rings. The number of ether oxygens (including phenoxy) is 1. The van der Waals surface area contributed by atoms with Crippen LogP contribution in [0.5, 0.6) is 0 Å². The number of esters is 1. The summed E-state index contributed by atoms with van der Waals surface area (Å²) in [5, 5.41) is 0. The van der Waals surface area contributed by atoms with Gasteiger partial charge < -0.3 is 4.74 Å². The lowest BCUT2D eigenvalue weighted by Gasteiger charge is -2.09. The Balaban J connectivity index is 2.42. The number of rotatable bonds is 4. The van der Waals surface area contributed by atoms with Crippen LogP contribution in [0.3, 0.4) is 0 Å². The van der Waals surface area contributed by atoms with E-state index in [1.165, 1.54) is 41.7 Å². The van der Waals surface area contributed by atoms with E-state index in [1.807, 2.05) is 0 Å². The van der Waals surface area contributed by atoms with Crippen molar-refractivity contribution in [3.05, 3.63) is 45.5 Å². The number of carbonyl (C=O) groups is 2. The highest BCUT2D eigenvalue weighted by Crippen LogP contribution is 2.40. The Morgan fingerprint density at radius 2 is 1.90 bits per heavy atom. The van der Waals surface area contributed by atoms with Crippen molar-refractivity contribution in [1.82, 2.24) is 0 Å². The largest absolute Gasteiger partial charge is 0.462 e. The minimum atomic E-state index is -0.683. The first-order valence-electron chi connectivity index (χ1n) is 6.11. The third-order valence-corrected chi connectivity index (χ3v) is 5.29. The summed E-state index contributed by atoms with van der Waals surface area (Å²) >= 11 is 2.86. The van der Waals surface area contributed by atoms with Crippen molar-refractivity contribution in [3.63, 3.8) is 0 Å². The second kappa shape index (κ2) is 6.95. The van der Waals surface area contributed by atoms with E-state index in [-0.39, 0.29) is 17.7 Å². The maximum absolute atomic E-state index is 13.7. The number of hydrogen-bond donors (Lipinski definition) is 0. The first-order chi connectivity index (χ1) is 9.65. The summed E-state index contributed by atoms with van der Waals surface area (Å²) in [5.74, 6) is -0.273. The van der Waals surface area contributed by atoms with Crippen molar-refractivity contribution in [2.75, 3.05) is 18.1 Å². The number of ketones is 1. The van der Waals surface area contributed by atoms with Crippen molar-refractivity contribution in [1.29, 1.82) is 0 Å². The average molecular weight is 312 g/mol. The monoisotopic (exact) mass is 312 g/mol. The highest BCUT2D eigenvalue weighted by Gasteiger charge is 2.29. The number of halogens is 1. The fraction of sp³-hybridized carbons (Fsp3) is 0.286. The van der Waals surface area contributed by atoms with E-state index in [9.17, 15) is 14.0 Å². The van der Waals surface area contributed by atoms with Gasteiger partial charge in [0, 0.05) is 11.5 Å². The Kier molecular flexibility index (Phi) is 5.25.